The predicted molar refractivity (Wildman–Crippen MR) is 95.7 cm³/mol. The van der Waals surface area contributed by atoms with E-state index in [1.165, 1.54) is 0 Å². The third-order valence-corrected chi connectivity index (χ3v) is 4.64. The summed E-state index contributed by atoms with van der Waals surface area (Å²) in [5, 5.41) is 6.94. The van der Waals surface area contributed by atoms with Gasteiger partial charge in [0.05, 0.1) is 6.10 Å². The van der Waals surface area contributed by atoms with Crippen molar-refractivity contribution in [2.24, 2.45) is 0 Å². The second kappa shape index (κ2) is 8.17. The minimum Gasteiger partial charge on any atom is -0.491 e. The highest BCUT2D eigenvalue weighted by Crippen LogP contribution is 2.19. The van der Waals surface area contributed by atoms with Gasteiger partial charge < -0.3 is 19.7 Å². The van der Waals surface area contributed by atoms with Crippen LogP contribution in [0.3, 0.4) is 0 Å². The van der Waals surface area contributed by atoms with Gasteiger partial charge in [0.15, 0.2) is 0 Å². The average Bonchev–Trinajstić information content (AvgIpc) is 3.27. The molecule has 0 bridgehead atoms. The van der Waals surface area contributed by atoms with Crippen molar-refractivity contribution < 1.29 is 14.3 Å². The lowest BCUT2D eigenvalue weighted by molar-refractivity contribution is 0.0679. The molecule has 24 heavy (non-hydrogen) atoms. The Morgan fingerprint density at radius 2 is 2.21 bits per heavy atom. The highest BCUT2D eigenvalue weighted by atomic mass is 32.1. The van der Waals surface area contributed by atoms with Gasteiger partial charge in [-0.3, -0.25) is 0 Å². The van der Waals surface area contributed by atoms with Crippen LogP contribution in [0.4, 0.5) is 10.5 Å². The number of nitrogens with zero attached hydrogens (tertiary/aromatic N) is 1. The van der Waals surface area contributed by atoms with Crippen molar-refractivity contribution in [3.8, 4) is 5.75 Å². The quantitative estimate of drug-likeness (QED) is 0.861. The van der Waals surface area contributed by atoms with E-state index in [-0.39, 0.29) is 12.1 Å². The van der Waals surface area contributed by atoms with E-state index in [0.29, 0.717) is 13.2 Å². The van der Waals surface area contributed by atoms with Crippen LogP contribution in [0.1, 0.15) is 18.4 Å². The maximum Gasteiger partial charge on any atom is 0.321 e. The predicted octanol–water partition coefficient (Wildman–Crippen LogP) is 3.97. The van der Waals surface area contributed by atoms with E-state index >= 15 is 0 Å². The molecule has 0 saturated carbocycles. The molecule has 128 valence electrons. The molecule has 1 atom stereocenters. The molecule has 0 spiro atoms. The number of hydrogen-bond acceptors (Lipinski definition) is 4. The number of nitrogens with one attached hydrogen (secondary N) is 1. The van der Waals surface area contributed by atoms with Gasteiger partial charge in [-0.2, -0.15) is 11.3 Å². The molecule has 0 aliphatic carbocycles. The van der Waals surface area contributed by atoms with Crippen LogP contribution in [0.25, 0.3) is 0 Å². The number of amides is 2. The molecule has 2 amide bonds. The molecule has 2 aromatic rings. The third-order valence-electron chi connectivity index (χ3n) is 3.91. The molecule has 0 unspecified atom stereocenters. The number of carbonyl (C=O) groups excluding carboxylic acids is 1. The Morgan fingerprint density at radius 1 is 1.38 bits per heavy atom. The Labute approximate surface area is 146 Å². The highest BCUT2D eigenvalue weighted by molar-refractivity contribution is 7.07. The summed E-state index contributed by atoms with van der Waals surface area (Å²) in [6, 6.07) is 9.32. The van der Waals surface area contributed by atoms with Crippen LogP contribution in [-0.2, 0) is 11.3 Å². The van der Waals surface area contributed by atoms with Gasteiger partial charge >= 0.3 is 6.03 Å². The second-order valence-corrected chi connectivity index (χ2v) is 6.67. The van der Waals surface area contributed by atoms with E-state index in [1.807, 2.05) is 41.1 Å². The molecule has 2 heterocycles. The lowest BCUT2D eigenvalue weighted by Gasteiger charge is -2.17. The van der Waals surface area contributed by atoms with E-state index in [1.54, 1.807) is 23.3 Å². The fraction of sp³-hybridized carbons (Fsp3) is 0.389. The van der Waals surface area contributed by atoms with Gasteiger partial charge in [-0.25, -0.2) is 4.79 Å². The molecule has 5 nitrogen and oxygen atoms in total. The van der Waals surface area contributed by atoms with E-state index in [0.717, 1.165) is 36.4 Å². The summed E-state index contributed by atoms with van der Waals surface area (Å²) in [4.78, 5) is 13.9. The van der Waals surface area contributed by atoms with Crippen LogP contribution in [0.15, 0.2) is 41.1 Å². The first-order chi connectivity index (χ1) is 11.7. The van der Waals surface area contributed by atoms with Crippen molar-refractivity contribution >= 4 is 23.1 Å². The molecule has 1 fully saturated rings. The van der Waals surface area contributed by atoms with Gasteiger partial charge in [0.1, 0.15) is 12.4 Å². The number of rotatable bonds is 6. The molecular weight excluding hydrogens is 324 g/mol. The lowest BCUT2D eigenvalue weighted by atomic mass is 10.2. The summed E-state index contributed by atoms with van der Waals surface area (Å²) in [6.45, 7) is 2.00. The van der Waals surface area contributed by atoms with E-state index < -0.39 is 0 Å². The first kappa shape index (κ1) is 16.8. The normalized spacial score (nSPS) is 16.8. The van der Waals surface area contributed by atoms with Gasteiger partial charge in [-0.15, -0.1) is 0 Å². The van der Waals surface area contributed by atoms with Gasteiger partial charge in [0, 0.05) is 25.9 Å². The Kier molecular flexibility index (Phi) is 5.72. The summed E-state index contributed by atoms with van der Waals surface area (Å²) in [5.74, 6) is 0.787. The number of thiophene rings is 1. The number of ether oxygens (including phenoxy) is 2. The molecule has 1 N–H and O–H groups in total. The summed E-state index contributed by atoms with van der Waals surface area (Å²) < 4.78 is 11.3. The monoisotopic (exact) mass is 346 g/mol. The molecule has 1 aromatic carbocycles. The molecule has 1 aliphatic heterocycles. The Morgan fingerprint density at radius 3 is 2.88 bits per heavy atom. The van der Waals surface area contributed by atoms with E-state index in [9.17, 15) is 4.79 Å². The molecule has 6 heteroatoms. The van der Waals surface area contributed by atoms with Crippen LogP contribution in [-0.4, -0.2) is 37.3 Å². The molecule has 1 aromatic heterocycles. The van der Waals surface area contributed by atoms with Crippen LogP contribution in [0.5, 0.6) is 5.75 Å². The molecule has 3 rings (SSSR count). The zero-order valence-corrected chi connectivity index (χ0v) is 14.6. The summed E-state index contributed by atoms with van der Waals surface area (Å²) in [5.41, 5.74) is 1.89. The maximum absolute atomic E-state index is 12.2. The smallest absolute Gasteiger partial charge is 0.321 e. The zero-order valence-electron chi connectivity index (χ0n) is 13.7. The highest BCUT2D eigenvalue weighted by Gasteiger charge is 2.16. The van der Waals surface area contributed by atoms with Crippen molar-refractivity contribution in [3.63, 3.8) is 0 Å². The standard InChI is InChI=1S/C18H22N2O3S/c1-20(11-14-8-10-24-13-14)18(21)19-15-4-6-16(7-5-15)23-12-17-3-2-9-22-17/h4-8,10,13,17H,2-3,9,11-12H2,1H3,(H,19,21)/t17-/m1/s1. The fourth-order valence-corrected chi connectivity index (χ4v) is 3.21. The SMILES string of the molecule is CN(Cc1ccsc1)C(=O)Nc1ccc(OC[C@H]2CCCO2)cc1. The summed E-state index contributed by atoms with van der Waals surface area (Å²) in [7, 11) is 1.78. The van der Waals surface area contributed by atoms with Gasteiger partial charge in [0.25, 0.3) is 0 Å². The van der Waals surface area contributed by atoms with Crippen molar-refractivity contribution in [2.75, 3.05) is 25.6 Å². The largest absolute Gasteiger partial charge is 0.491 e. The van der Waals surface area contributed by atoms with E-state index in [2.05, 4.69) is 5.32 Å². The molecule has 1 saturated heterocycles. The van der Waals surface area contributed by atoms with Crippen molar-refractivity contribution in [1.82, 2.24) is 4.90 Å². The minimum absolute atomic E-state index is 0.130. The number of anilines is 1. The molecule has 0 radical (unpaired) electrons. The van der Waals surface area contributed by atoms with Gasteiger partial charge in [-0.1, -0.05) is 0 Å². The van der Waals surface area contributed by atoms with E-state index in [4.69, 9.17) is 9.47 Å². The second-order valence-electron chi connectivity index (χ2n) is 5.89. The number of benzene rings is 1. The number of hydrogen-bond donors (Lipinski definition) is 1. The topological polar surface area (TPSA) is 50.8 Å². The zero-order chi connectivity index (χ0) is 16.8. The lowest BCUT2D eigenvalue weighted by Crippen LogP contribution is -2.30. The molecular formula is C18H22N2O3S. The summed E-state index contributed by atoms with van der Waals surface area (Å²) in [6.07, 6.45) is 2.37. The van der Waals surface area contributed by atoms with Crippen molar-refractivity contribution in [1.29, 1.82) is 0 Å². The Hall–Kier alpha value is -2.05. The fourth-order valence-electron chi connectivity index (χ4n) is 2.55. The Balaban J connectivity index is 1.47. The number of urea groups is 1. The van der Waals surface area contributed by atoms with Crippen LogP contribution in [0, 0.1) is 0 Å². The maximum atomic E-state index is 12.2. The Bertz CT molecular complexity index is 637. The third kappa shape index (κ3) is 4.72. The van der Waals surface area contributed by atoms with Crippen molar-refractivity contribution in [3.05, 3.63) is 46.7 Å². The summed E-state index contributed by atoms with van der Waals surface area (Å²) >= 11 is 1.63. The first-order valence-corrected chi connectivity index (χ1v) is 9.02. The van der Waals surface area contributed by atoms with Crippen LogP contribution >= 0.6 is 11.3 Å². The molecule has 1 aliphatic rings. The van der Waals surface area contributed by atoms with Gasteiger partial charge in [-0.05, 0) is 59.5 Å². The van der Waals surface area contributed by atoms with Gasteiger partial charge in [0.2, 0.25) is 0 Å². The minimum atomic E-state index is -0.130. The first-order valence-electron chi connectivity index (χ1n) is 8.08. The van der Waals surface area contributed by atoms with Crippen LogP contribution in [0.2, 0.25) is 0 Å². The number of carbonyl (C=O) groups is 1. The van der Waals surface area contributed by atoms with Crippen LogP contribution < -0.4 is 10.1 Å². The average molecular weight is 346 g/mol. The van der Waals surface area contributed by atoms with Crippen molar-refractivity contribution in [2.45, 2.75) is 25.5 Å².